The number of aromatic nitrogens is 1. The van der Waals surface area contributed by atoms with E-state index in [-0.39, 0.29) is 6.10 Å². The minimum atomic E-state index is 0.244. The van der Waals surface area contributed by atoms with E-state index in [1.807, 2.05) is 56.6 Å². The topological polar surface area (TPSA) is 51.0 Å². The van der Waals surface area contributed by atoms with Gasteiger partial charge in [-0.15, -0.1) is 0 Å². The van der Waals surface area contributed by atoms with Crippen LogP contribution >= 0.6 is 0 Å². The van der Waals surface area contributed by atoms with Crippen molar-refractivity contribution < 1.29 is 13.9 Å². The summed E-state index contributed by atoms with van der Waals surface area (Å²) in [5, 5.41) is 0. The maximum Gasteiger partial charge on any atom is 0.227 e. The Hall–Kier alpha value is -2.53. The molecule has 1 atom stereocenters. The average molecular weight is 310 g/mol. The Balaban J connectivity index is 1.59. The van der Waals surface area contributed by atoms with Gasteiger partial charge in [0.2, 0.25) is 5.89 Å². The number of hydrogen-bond acceptors (Lipinski definition) is 5. The number of nitrogens with zero attached hydrogens (tertiary/aromatic N) is 2. The highest BCUT2D eigenvalue weighted by molar-refractivity contribution is 5.78. The zero-order valence-electron chi connectivity index (χ0n) is 13.2. The summed E-state index contributed by atoms with van der Waals surface area (Å²) in [6.07, 6.45) is 0.244. The molecule has 0 saturated carbocycles. The molecule has 1 aromatic heterocycles. The van der Waals surface area contributed by atoms with Gasteiger partial charge in [-0.25, -0.2) is 4.98 Å². The number of ether oxygens (including phenoxy) is 2. The van der Waals surface area contributed by atoms with Crippen molar-refractivity contribution in [3.8, 4) is 17.2 Å². The van der Waals surface area contributed by atoms with Gasteiger partial charge in [-0.1, -0.05) is 0 Å². The third-order valence-corrected chi connectivity index (χ3v) is 3.83. The molecule has 3 aromatic rings. The standard InChI is InChI=1S/C18H18N2O3/c1-20(2)13-5-3-12(4-6-13)18-19-16-9-14(7-8-17(16)23-18)21-10-15-11-22-15/h3-9,15H,10-11H2,1-2H3/t15-/m1/s1. The second-order valence-electron chi connectivity index (χ2n) is 5.86. The Kier molecular flexibility index (Phi) is 3.42. The molecule has 0 N–H and O–H groups in total. The van der Waals surface area contributed by atoms with Crippen LogP contribution in [0.3, 0.4) is 0 Å². The Morgan fingerprint density at radius 2 is 1.96 bits per heavy atom. The quantitative estimate of drug-likeness (QED) is 0.677. The number of fused-ring (bicyclic) bond motifs is 1. The van der Waals surface area contributed by atoms with Crippen molar-refractivity contribution >= 4 is 16.8 Å². The molecular formula is C18H18N2O3. The van der Waals surface area contributed by atoms with Gasteiger partial charge in [0.1, 0.15) is 24.0 Å². The number of benzene rings is 2. The van der Waals surface area contributed by atoms with Gasteiger partial charge in [-0.05, 0) is 36.4 Å². The first-order chi connectivity index (χ1) is 11.2. The van der Waals surface area contributed by atoms with Gasteiger partial charge in [-0.3, -0.25) is 0 Å². The number of rotatable bonds is 5. The van der Waals surface area contributed by atoms with Crippen molar-refractivity contribution in [2.75, 3.05) is 32.2 Å². The zero-order valence-corrected chi connectivity index (χ0v) is 13.2. The lowest BCUT2D eigenvalue weighted by Crippen LogP contribution is -2.07. The van der Waals surface area contributed by atoms with E-state index in [4.69, 9.17) is 13.9 Å². The molecule has 0 amide bonds. The third-order valence-electron chi connectivity index (χ3n) is 3.83. The first-order valence-electron chi connectivity index (χ1n) is 7.62. The van der Waals surface area contributed by atoms with Gasteiger partial charge in [0.05, 0.1) is 6.61 Å². The van der Waals surface area contributed by atoms with Crippen LogP contribution in [0.15, 0.2) is 46.9 Å². The van der Waals surface area contributed by atoms with Crippen molar-refractivity contribution in [2.45, 2.75) is 6.10 Å². The molecule has 2 aromatic carbocycles. The van der Waals surface area contributed by atoms with E-state index in [0.29, 0.717) is 12.5 Å². The summed E-state index contributed by atoms with van der Waals surface area (Å²) in [5.41, 5.74) is 3.65. The molecule has 0 radical (unpaired) electrons. The van der Waals surface area contributed by atoms with E-state index in [0.717, 1.165) is 34.7 Å². The van der Waals surface area contributed by atoms with E-state index in [1.54, 1.807) is 0 Å². The number of hydrogen-bond donors (Lipinski definition) is 0. The Bertz CT molecular complexity index is 820. The van der Waals surface area contributed by atoms with E-state index in [1.165, 1.54) is 0 Å². The van der Waals surface area contributed by atoms with Crippen LogP contribution in [-0.4, -0.2) is 38.4 Å². The van der Waals surface area contributed by atoms with Crippen LogP contribution in [-0.2, 0) is 4.74 Å². The normalized spacial score (nSPS) is 16.5. The SMILES string of the molecule is CN(C)c1ccc(-c2nc3cc(OC[C@@H]4CO4)ccc3o2)cc1. The van der Waals surface area contributed by atoms with E-state index in [9.17, 15) is 0 Å². The Morgan fingerprint density at radius 3 is 2.65 bits per heavy atom. The van der Waals surface area contributed by atoms with Gasteiger partial charge in [0.25, 0.3) is 0 Å². The molecule has 5 heteroatoms. The van der Waals surface area contributed by atoms with Crippen molar-refractivity contribution in [1.29, 1.82) is 0 Å². The molecule has 1 aliphatic heterocycles. The highest BCUT2D eigenvalue weighted by Crippen LogP contribution is 2.28. The van der Waals surface area contributed by atoms with Gasteiger partial charge in [0.15, 0.2) is 5.58 Å². The molecule has 118 valence electrons. The largest absolute Gasteiger partial charge is 0.491 e. The Morgan fingerprint density at radius 1 is 1.17 bits per heavy atom. The maximum atomic E-state index is 5.84. The fraction of sp³-hybridized carbons (Fsp3) is 0.278. The van der Waals surface area contributed by atoms with Crippen LogP contribution < -0.4 is 9.64 Å². The van der Waals surface area contributed by atoms with Crippen molar-refractivity contribution in [2.24, 2.45) is 0 Å². The summed E-state index contributed by atoms with van der Waals surface area (Å²) in [6.45, 7) is 1.38. The van der Waals surface area contributed by atoms with E-state index >= 15 is 0 Å². The first kappa shape index (κ1) is 14.1. The monoisotopic (exact) mass is 310 g/mol. The van der Waals surface area contributed by atoms with Gasteiger partial charge >= 0.3 is 0 Å². The molecule has 1 aliphatic rings. The van der Waals surface area contributed by atoms with Crippen molar-refractivity contribution in [3.63, 3.8) is 0 Å². The zero-order chi connectivity index (χ0) is 15.8. The van der Waals surface area contributed by atoms with Crippen LogP contribution in [0.5, 0.6) is 5.75 Å². The molecule has 0 bridgehead atoms. The minimum Gasteiger partial charge on any atom is -0.491 e. The minimum absolute atomic E-state index is 0.244. The van der Waals surface area contributed by atoms with Gasteiger partial charge < -0.3 is 18.8 Å². The van der Waals surface area contributed by atoms with Crippen molar-refractivity contribution in [1.82, 2.24) is 4.98 Å². The molecular weight excluding hydrogens is 292 g/mol. The Labute approximate surface area is 134 Å². The van der Waals surface area contributed by atoms with Crippen LogP contribution in [0.2, 0.25) is 0 Å². The highest BCUT2D eigenvalue weighted by atomic mass is 16.6. The molecule has 1 fully saturated rings. The lowest BCUT2D eigenvalue weighted by molar-refractivity contribution is 0.263. The van der Waals surface area contributed by atoms with Gasteiger partial charge in [-0.2, -0.15) is 0 Å². The first-order valence-corrected chi connectivity index (χ1v) is 7.62. The summed E-state index contributed by atoms with van der Waals surface area (Å²) >= 11 is 0. The van der Waals surface area contributed by atoms with Crippen LogP contribution in [0.25, 0.3) is 22.6 Å². The lowest BCUT2D eigenvalue weighted by Gasteiger charge is -2.11. The van der Waals surface area contributed by atoms with E-state index < -0.39 is 0 Å². The predicted octanol–water partition coefficient (Wildman–Crippen LogP) is 3.34. The molecule has 0 spiro atoms. The number of oxazole rings is 1. The van der Waals surface area contributed by atoms with Crippen LogP contribution in [0.4, 0.5) is 5.69 Å². The summed E-state index contributed by atoms with van der Waals surface area (Å²) < 4.78 is 16.7. The summed E-state index contributed by atoms with van der Waals surface area (Å²) in [6, 6.07) is 13.8. The smallest absolute Gasteiger partial charge is 0.227 e. The fourth-order valence-electron chi connectivity index (χ4n) is 2.38. The molecule has 1 saturated heterocycles. The molecule has 23 heavy (non-hydrogen) atoms. The molecule has 5 nitrogen and oxygen atoms in total. The molecule has 0 aliphatic carbocycles. The third kappa shape index (κ3) is 3.00. The summed E-state index contributed by atoms with van der Waals surface area (Å²) in [7, 11) is 4.03. The second-order valence-corrected chi connectivity index (χ2v) is 5.86. The van der Waals surface area contributed by atoms with Crippen LogP contribution in [0.1, 0.15) is 0 Å². The fourth-order valence-corrected chi connectivity index (χ4v) is 2.38. The van der Waals surface area contributed by atoms with Gasteiger partial charge in [0, 0.05) is 31.4 Å². The second kappa shape index (κ2) is 5.59. The molecule has 4 rings (SSSR count). The average Bonchev–Trinajstić information content (AvgIpc) is 3.30. The predicted molar refractivity (Wildman–Crippen MR) is 89.0 cm³/mol. The number of anilines is 1. The molecule has 2 heterocycles. The number of epoxide rings is 1. The van der Waals surface area contributed by atoms with Crippen LogP contribution in [0, 0.1) is 0 Å². The highest BCUT2D eigenvalue weighted by Gasteiger charge is 2.23. The molecule has 0 unspecified atom stereocenters. The lowest BCUT2D eigenvalue weighted by atomic mass is 10.2. The maximum absolute atomic E-state index is 5.84. The van der Waals surface area contributed by atoms with E-state index in [2.05, 4.69) is 9.88 Å². The summed E-state index contributed by atoms with van der Waals surface area (Å²) in [4.78, 5) is 6.63. The van der Waals surface area contributed by atoms with Crippen molar-refractivity contribution in [3.05, 3.63) is 42.5 Å². The summed E-state index contributed by atoms with van der Waals surface area (Å²) in [5.74, 6) is 1.41.